The molecule has 21 heavy (non-hydrogen) atoms. The molecule has 110 valence electrons. The number of halogens is 3. The molecule has 0 saturated carbocycles. The van der Waals surface area contributed by atoms with Crippen LogP contribution in [0.5, 0.6) is 0 Å². The first kappa shape index (κ1) is 14.7. The summed E-state index contributed by atoms with van der Waals surface area (Å²) in [6.45, 7) is 1.16. The number of benzene rings is 1. The van der Waals surface area contributed by atoms with Crippen molar-refractivity contribution in [1.29, 1.82) is 0 Å². The molecule has 0 atom stereocenters. The normalized spacial score (nSPS) is 11.4. The van der Waals surface area contributed by atoms with E-state index < -0.39 is 28.3 Å². The van der Waals surface area contributed by atoms with Gasteiger partial charge in [0.2, 0.25) is 0 Å². The van der Waals surface area contributed by atoms with Gasteiger partial charge in [0.05, 0.1) is 16.2 Å². The Labute approximate surface area is 116 Å². The Bertz CT molecular complexity index is 722. The maximum Gasteiger partial charge on any atom is 0.435 e. The molecular weight excluding hydrogens is 291 g/mol. The lowest BCUT2D eigenvalue weighted by Crippen LogP contribution is -2.08. The molecule has 0 aliphatic rings. The van der Waals surface area contributed by atoms with Crippen molar-refractivity contribution < 1.29 is 22.9 Å². The average molecular weight is 299 g/mol. The van der Waals surface area contributed by atoms with Crippen LogP contribution in [-0.4, -0.2) is 20.5 Å². The van der Waals surface area contributed by atoms with E-state index in [1.807, 2.05) is 0 Å². The molecule has 0 aliphatic carbocycles. The second kappa shape index (κ2) is 5.00. The fraction of sp³-hybridized carbons (Fsp3) is 0.167. The Morgan fingerprint density at radius 2 is 2.00 bits per heavy atom. The maximum absolute atomic E-state index is 12.5. The van der Waals surface area contributed by atoms with Gasteiger partial charge in [0.1, 0.15) is 0 Å². The van der Waals surface area contributed by atoms with Gasteiger partial charge in [-0.05, 0) is 25.1 Å². The number of ketones is 1. The molecule has 1 aromatic heterocycles. The Kier molecular flexibility index (Phi) is 3.50. The van der Waals surface area contributed by atoms with Crippen LogP contribution in [0.1, 0.15) is 23.0 Å². The smallest absolute Gasteiger partial charge is 0.294 e. The zero-order valence-electron chi connectivity index (χ0n) is 10.6. The Balaban J connectivity index is 2.51. The summed E-state index contributed by atoms with van der Waals surface area (Å²) in [6.07, 6.45) is -3.56. The van der Waals surface area contributed by atoms with Gasteiger partial charge in [-0.2, -0.15) is 18.3 Å². The number of hydrogen-bond donors (Lipinski definition) is 0. The van der Waals surface area contributed by atoms with Gasteiger partial charge in [-0.3, -0.25) is 14.9 Å². The predicted molar refractivity (Wildman–Crippen MR) is 65.2 cm³/mol. The van der Waals surface area contributed by atoms with E-state index >= 15 is 0 Å². The molecule has 1 heterocycles. The molecule has 1 aromatic carbocycles. The molecule has 0 amide bonds. The highest BCUT2D eigenvalue weighted by Gasteiger charge is 2.33. The van der Waals surface area contributed by atoms with E-state index in [1.54, 1.807) is 0 Å². The van der Waals surface area contributed by atoms with Crippen molar-refractivity contribution >= 4 is 11.5 Å². The van der Waals surface area contributed by atoms with Crippen molar-refractivity contribution in [3.8, 4) is 5.69 Å². The first-order valence-electron chi connectivity index (χ1n) is 5.63. The minimum atomic E-state index is -4.60. The number of rotatable bonds is 3. The van der Waals surface area contributed by atoms with Gasteiger partial charge >= 0.3 is 6.18 Å². The van der Waals surface area contributed by atoms with Crippen LogP contribution in [0.4, 0.5) is 18.9 Å². The number of alkyl halides is 3. The predicted octanol–water partition coefficient (Wildman–Crippen LogP) is 3.00. The van der Waals surface area contributed by atoms with Crippen LogP contribution >= 0.6 is 0 Å². The highest BCUT2D eigenvalue weighted by atomic mass is 19.4. The van der Waals surface area contributed by atoms with Gasteiger partial charge in [-0.25, -0.2) is 4.68 Å². The molecule has 0 aliphatic heterocycles. The number of nitro groups is 1. The van der Waals surface area contributed by atoms with Crippen LogP contribution in [0.25, 0.3) is 5.69 Å². The summed E-state index contributed by atoms with van der Waals surface area (Å²) in [6, 6.07) is 4.23. The summed E-state index contributed by atoms with van der Waals surface area (Å²) in [5.41, 5.74) is -1.65. The largest absolute Gasteiger partial charge is 0.435 e. The first-order chi connectivity index (χ1) is 9.70. The monoisotopic (exact) mass is 299 g/mol. The van der Waals surface area contributed by atoms with Gasteiger partial charge in [-0.1, -0.05) is 0 Å². The zero-order valence-corrected chi connectivity index (χ0v) is 10.6. The van der Waals surface area contributed by atoms with E-state index in [2.05, 4.69) is 5.10 Å². The minimum Gasteiger partial charge on any atom is -0.294 e. The highest BCUT2D eigenvalue weighted by Crippen LogP contribution is 2.29. The Hall–Kier alpha value is -2.71. The van der Waals surface area contributed by atoms with Crippen LogP contribution in [-0.2, 0) is 6.18 Å². The average Bonchev–Trinajstić information content (AvgIpc) is 2.87. The summed E-state index contributed by atoms with van der Waals surface area (Å²) in [5, 5.41) is 14.2. The number of carbonyl (C=O) groups is 1. The summed E-state index contributed by atoms with van der Waals surface area (Å²) < 4.78 is 38.3. The molecule has 0 fully saturated rings. The van der Waals surface area contributed by atoms with Crippen molar-refractivity contribution in [3.63, 3.8) is 0 Å². The molecule has 0 radical (unpaired) electrons. The van der Waals surface area contributed by atoms with Crippen molar-refractivity contribution in [2.45, 2.75) is 13.1 Å². The van der Waals surface area contributed by atoms with Gasteiger partial charge in [0.25, 0.3) is 5.69 Å². The number of nitrogens with zero attached hydrogens (tertiary/aromatic N) is 3. The fourth-order valence-corrected chi connectivity index (χ4v) is 1.73. The van der Waals surface area contributed by atoms with Gasteiger partial charge < -0.3 is 0 Å². The lowest BCUT2D eigenvalue weighted by atomic mass is 10.1. The molecule has 0 N–H and O–H groups in total. The van der Waals surface area contributed by atoms with Crippen molar-refractivity contribution in [2.75, 3.05) is 0 Å². The van der Waals surface area contributed by atoms with Crippen LogP contribution in [0.3, 0.4) is 0 Å². The highest BCUT2D eigenvalue weighted by molar-refractivity contribution is 5.98. The third-order valence-corrected chi connectivity index (χ3v) is 2.70. The van der Waals surface area contributed by atoms with Crippen molar-refractivity contribution in [2.24, 2.45) is 0 Å². The molecule has 9 heteroatoms. The van der Waals surface area contributed by atoms with E-state index in [0.717, 1.165) is 29.9 Å². The standard InChI is InChI=1S/C12H8F3N3O3/c1-7(19)9-3-2-8(6-10(9)18(20)21)17-5-4-11(16-17)12(13,14)15/h2-6H,1H3. The second-order valence-corrected chi connectivity index (χ2v) is 4.16. The van der Waals surface area contributed by atoms with Crippen molar-refractivity contribution in [1.82, 2.24) is 9.78 Å². The maximum atomic E-state index is 12.5. The second-order valence-electron chi connectivity index (χ2n) is 4.16. The van der Waals surface area contributed by atoms with Crippen LogP contribution in [0.15, 0.2) is 30.5 Å². The molecule has 0 saturated heterocycles. The van der Waals surface area contributed by atoms with E-state index in [4.69, 9.17) is 0 Å². The third kappa shape index (κ3) is 2.91. The quantitative estimate of drug-likeness (QED) is 0.496. The lowest BCUT2D eigenvalue weighted by Gasteiger charge is -2.05. The summed E-state index contributed by atoms with van der Waals surface area (Å²) in [4.78, 5) is 21.4. The number of Topliss-reactive ketones (excluding diaryl/α,β-unsaturated/α-hetero) is 1. The summed E-state index contributed by atoms with van der Waals surface area (Å²) >= 11 is 0. The molecule has 2 rings (SSSR count). The summed E-state index contributed by atoms with van der Waals surface area (Å²) in [7, 11) is 0. The fourth-order valence-electron chi connectivity index (χ4n) is 1.73. The van der Waals surface area contributed by atoms with Gasteiger partial charge in [0.15, 0.2) is 11.5 Å². The van der Waals surface area contributed by atoms with Crippen LogP contribution in [0, 0.1) is 10.1 Å². The summed E-state index contributed by atoms with van der Waals surface area (Å²) in [5.74, 6) is -0.510. The number of nitro benzene ring substituents is 1. The third-order valence-electron chi connectivity index (χ3n) is 2.70. The van der Waals surface area contributed by atoms with E-state index in [9.17, 15) is 28.1 Å². The Morgan fingerprint density at radius 1 is 1.33 bits per heavy atom. The van der Waals surface area contributed by atoms with Gasteiger partial charge in [0, 0.05) is 12.3 Å². The number of hydrogen-bond acceptors (Lipinski definition) is 4. The molecule has 0 spiro atoms. The van der Waals surface area contributed by atoms with E-state index in [1.165, 1.54) is 12.1 Å². The Morgan fingerprint density at radius 3 is 2.48 bits per heavy atom. The van der Waals surface area contributed by atoms with Crippen LogP contribution in [0.2, 0.25) is 0 Å². The zero-order chi connectivity index (χ0) is 15.8. The van der Waals surface area contributed by atoms with Crippen molar-refractivity contribution in [3.05, 3.63) is 51.8 Å². The molecule has 2 aromatic rings. The van der Waals surface area contributed by atoms with Gasteiger partial charge in [-0.15, -0.1) is 0 Å². The number of carbonyl (C=O) groups excluding carboxylic acids is 1. The molecular formula is C12H8F3N3O3. The molecule has 0 bridgehead atoms. The first-order valence-corrected chi connectivity index (χ1v) is 5.63. The number of aromatic nitrogens is 2. The van der Waals surface area contributed by atoms with E-state index in [-0.39, 0.29) is 11.3 Å². The molecule has 0 unspecified atom stereocenters. The van der Waals surface area contributed by atoms with Crippen LogP contribution < -0.4 is 0 Å². The topological polar surface area (TPSA) is 78.0 Å². The lowest BCUT2D eigenvalue weighted by molar-refractivity contribution is -0.385. The molecule has 6 nitrogen and oxygen atoms in total. The minimum absolute atomic E-state index is 0.0576. The SMILES string of the molecule is CC(=O)c1ccc(-n2ccc(C(F)(F)F)n2)cc1[N+](=O)[O-]. The van der Waals surface area contributed by atoms with E-state index in [0.29, 0.717) is 0 Å².